The van der Waals surface area contributed by atoms with Crippen LogP contribution in [0.1, 0.15) is 12.0 Å². The quantitative estimate of drug-likeness (QED) is 0.663. The zero-order valence-corrected chi connectivity index (χ0v) is 16.0. The van der Waals surface area contributed by atoms with Gasteiger partial charge in [-0.2, -0.15) is 0 Å². The number of methoxy groups -OCH3 is 3. The van der Waals surface area contributed by atoms with Crippen LogP contribution in [-0.4, -0.2) is 27.2 Å². The van der Waals surface area contributed by atoms with Crippen LogP contribution in [0.5, 0.6) is 17.2 Å². The molecule has 0 aromatic heterocycles. The summed E-state index contributed by atoms with van der Waals surface area (Å²) in [5.41, 5.74) is 1.72. The molecule has 2 aromatic carbocycles. The molecule has 0 spiro atoms. The lowest BCUT2D eigenvalue weighted by Gasteiger charge is -2.15. The molecule has 5 nitrogen and oxygen atoms in total. The summed E-state index contributed by atoms with van der Waals surface area (Å²) in [6.07, 6.45) is 0.885. The predicted molar refractivity (Wildman–Crippen MR) is 102 cm³/mol. The first-order valence-corrected chi connectivity index (χ1v) is 8.50. The number of hydrogen-bond acceptors (Lipinski definition) is 4. The van der Waals surface area contributed by atoms with Crippen molar-refractivity contribution in [3.05, 3.63) is 45.5 Å². The minimum absolute atomic E-state index is 0.0454. The summed E-state index contributed by atoms with van der Waals surface area (Å²) in [4.78, 5) is 12.2. The maximum atomic E-state index is 12.2. The number of anilines is 1. The van der Waals surface area contributed by atoms with Crippen LogP contribution < -0.4 is 19.5 Å². The molecule has 0 aliphatic rings. The van der Waals surface area contributed by atoms with Gasteiger partial charge in [0.1, 0.15) is 0 Å². The van der Waals surface area contributed by atoms with Gasteiger partial charge >= 0.3 is 0 Å². The number of halogens is 1. The Morgan fingerprint density at radius 3 is 2.33 bits per heavy atom. The summed E-state index contributed by atoms with van der Waals surface area (Å²) in [5, 5.41) is 2.93. The third-order valence-electron chi connectivity index (χ3n) is 3.56. The number of para-hydroxylation sites is 1. The van der Waals surface area contributed by atoms with Crippen LogP contribution >= 0.6 is 22.6 Å². The highest BCUT2D eigenvalue weighted by Gasteiger charge is 2.16. The molecule has 0 unspecified atom stereocenters. The van der Waals surface area contributed by atoms with Crippen LogP contribution in [0.25, 0.3) is 0 Å². The number of ether oxygens (including phenoxy) is 3. The highest BCUT2D eigenvalue weighted by atomic mass is 127. The van der Waals surface area contributed by atoms with E-state index >= 15 is 0 Å². The molecule has 1 amide bonds. The SMILES string of the molecule is COc1ccc(CCC(=O)Nc2ccccc2I)c(OC)c1OC. The summed E-state index contributed by atoms with van der Waals surface area (Å²) in [5.74, 6) is 1.69. The van der Waals surface area contributed by atoms with Gasteiger partial charge in [0, 0.05) is 9.99 Å². The van der Waals surface area contributed by atoms with Crippen LogP contribution in [0.3, 0.4) is 0 Å². The number of hydrogen-bond donors (Lipinski definition) is 1. The van der Waals surface area contributed by atoms with Gasteiger partial charge in [-0.05, 0) is 52.8 Å². The number of carbonyl (C=O) groups is 1. The monoisotopic (exact) mass is 441 g/mol. The number of rotatable bonds is 7. The Bertz CT molecular complexity index is 718. The molecule has 0 fully saturated rings. The number of amides is 1. The molecule has 2 rings (SSSR count). The van der Waals surface area contributed by atoms with Gasteiger partial charge in [-0.3, -0.25) is 4.79 Å². The zero-order chi connectivity index (χ0) is 17.5. The van der Waals surface area contributed by atoms with Crippen molar-refractivity contribution in [2.45, 2.75) is 12.8 Å². The fourth-order valence-electron chi connectivity index (χ4n) is 2.38. The van der Waals surface area contributed by atoms with Crippen LogP contribution in [-0.2, 0) is 11.2 Å². The molecular formula is C18H20INO4. The maximum absolute atomic E-state index is 12.2. The molecule has 0 aliphatic carbocycles. The smallest absolute Gasteiger partial charge is 0.224 e. The predicted octanol–water partition coefficient (Wildman–Crippen LogP) is 3.89. The highest BCUT2D eigenvalue weighted by Crippen LogP contribution is 2.40. The van der Waals surface area contributed by atoms with Gasteiger partial charge in [-0.1, -0.05) is 18.2 Å². The Hall–Kier alpha value is -1.96. The van der Waals surface area contributed by atoms with Crippen molar-refractivity contribution in [3.8, 4) is 17.2 Å². The second kappa shape index (κ2) is 8.77. The van der Waals surface area contributed by atoms with Gasteiger partial charge in [0.2, 0.25) is 11.7 Å². The second-order valence-electron chi connectivity index (χ2n) is 5.02. The van der Waals surface area contributed by atoms with Crippen molar-refractivity contribution in [1.29, 1.82) is 0 Å². The lowest BCUT2D eigenvalue weighted by molar-refractivity contribution is -0.116. The van der Waals surface area contributed by atoms with E-state index in [0.717, 1.165) is 14.8 Å². The van der Waals surface area contributed by atoms with E-state index < -0.39 is 0 Å². The Balaban J connectivity index is 2.09. The van der Waals surface area contributed by atoms with Gasteiger partial charge in [0.25, 0.3) is 0 Å². The molecule has 0 bridgehead atoms. The minimum Gasteiger partial charge on any atom is -0.493 e. The molecular weight excluding hydrogens is 421 g/mol. The standard InChI is InChI=1S/C18H20INO4/c1-22-15-10-8-12(17(23-2)18(15)24-3)9-11-16(21)20-14-7-5-4-6-13(14)19/h4-8,10H,9,11H2,1-3H3,(H,20,21). The Morgan fingerprint density at radius 2 is 1.71 bits per heavy atom. The topological polar surface area (TPSA) is 56.8 Å². The van der Waals surface area contributed by atoms with Gasteiger partial charge in [-0.15, -0.1) is 0 Å². The summed E-state index contributed by atoms with van der Waals surface area (Å²) in [7, 11) is 4.72. The Morgan fingerprint density at radius 1 is 1.00 bits per heavy atom. The first-order valence-electron chi connectivity index (χ1n) is 7.43. The fraction of sp³-hybridized carbons (Fsp3) is 0.278. The first kappa shape index (κ1) is 18.4. The van der Waals surface area contributed by atoms with Crippen molar-refractivity contribution in [3.63, 3.8) is 0 Å². The molecule has 0 atom stereocenters. The fourth-order valence-corrected chi connectivity index (χ4v) is 2.91. The largest absolute Gasteiger partial charge is 0.493 e. The summed E-state index contributed by atoms with van der Waals surface area (Å²) in [6.45, 7) is 0. The molecule has 0 saturated carbocycles. The molecule has 2 aromatic rings. The number of carbonyl (C=O) groups excluding carboxylic acids is 1. The van der Waals surface area contributed by atoms with Crippen molar-refractivity contribution in [2.75, 3.05) is 26.6 Å². The molecule has 6 heteroatoms. The summed E-state index contributed by atoms with van der Waals surface area (Å²) >= 11 is 2.20. The average molecular weight is 441 g/mol. The van der Waals surface area contributed by atoms with Crippen molar-refractivity contribution >= 4 is 34.2 Å². The number of nitrogens with one attached hydrogen (secondary N) is 1. The van der Waals surface area contributed by atoms with Crippen molar-refractivity contribution in [1.82, 2.24) is 0 Å². The van der Waals surface area contributed by atoms with Gasteiger partial charge in [0.05, 0.1) is 27.0 Å². The summed E-state index contributed by atoms with van der Waals surface area (Å²) < 4.78 is 17.1. The number of benzene rings is 2. The van der Waals surface area contributed by atoms with Crippen LogP contribution in [0.4, 0.5) is 5.69 Å². The van der Waals surface area contributed by atoms with Crippen LogP contribution in [0, 0.1) is 3.57 Å². The van der Waals surface area contributed by atoms with E-state index in [1.807, 2.05) is 36.4 Å². The lowest BCUT2D eigenvalue weighted by Crippen LogP contribution is -2.13. The van der Waals surface area contributed by atoms with Crippen LogP contribution in [0.15, 0.2) is 36.4 Å². The van der Waals surface area contributed by atoms with Gasteiger partial charge < -0.3 is 19.5 Å². The third kappa shape index (κ3) is 4.31. The summed E-state index contributed by atoms with van der Waals surface area (Å²) in [6, 6.07) is 11.4. The van der Waals surface area contributed by atoms with E-state index in [-0.39, 0.29) is 5.91 Å². The molecule has 0 heterocycles. The minimum atomic E-state index is -0.0454. The maximum Gasteiger partial charge on any atom is 0.224 e. The van der Waals surface area contributed by atoms with E-state index in [4.69, 9.17) is 14.2 Å². The van der Waals surface area contributed by atoms with Crippen LogP contribution in [0.2, 0.25) is 0 Å². The number of aryl methyl sites for hydroxylation is 1. The average Bonchev–Trinajstić information content (AvgIpc) is 2.60. The lowest BCUT2D eigenvalue weighted by atomic mass is 10.1. The Labute approximate surface area is 155 Å². The van der Waals surface area contributed by atoms with E-state index in [1.54, 1.807) is 21.3 Å². The van der Waals surface area contributed by atoms with Crippen molar-refractivity contribution < 1.29 is 19.0 Å². The van der Waals surface area contributed by atoms with E-state index in [0.29, 0.717) is 30.1 Å². The first-order chi connectivity index (χ1) is 11.6. The molecule has 1 N–H and O–H groups in total. The molecule has 0 radical (unpaired) electrons. The van der Waals surface area contributed by atoms with E-state index in [9.17, 15) is 4.79 Å². The normalized spacial score (nSPS) is 10.2. The molecule has 128 valence electrons. The third-order valence-corrected chi connectivity index (χ3v) is 4.50. The van der Waals surface area contributed by atoms with E-state index in [2.05, 4.69) is 27.9 Å². The van der Waals surface area contributed by atoms with Gasteiger partial charge in [-0.25, -0.2) is 0 Å². The Kier molecular flexibility index (Phi) is 6.72. The highest BCUT2D eigenvalue weighted by molar-refractivity contribution is 14.1. The molecule has 0 aliphatic heterocycles. The van der Waals surface area contributed by atoms with E-state index in [1.165, 1.54) is 0 Å². The van der Waals surface area contributed by atoms with Crippen molar-refractivity contribution in [2.24, 2.45) is 0 Å². The zero-order valence-electron chi connectivity index (χ0n) is 13.9. The molecule has 0 saturated heterocycles. The molecule has 24 heavy (non-hydrogen) atoms. The van der Waals surface area contributed by atoms with Gasteiger partial charge in [0.15, 0.2) is 11.5 Å². The second-order valence-corrected chi connectivity index (χ2v) is 6.18.